The molecule has 0 aliphatic heterocycles. The summed E-state index contributed by atoms with van der Waals surface area (Å²) in [7, 11) is -3.82. The maximum absolute atomic E-state index is 12.7. The molecule has 0 aliphatic carbocycles. The molecule has 0 bridgehead atoms. The van der Waals surface area contributed by atoms with Crippen LogP contribution in [0.3, 0.4) is 0 Å². The number of carbonyl (C=O) groups excluding carboxylic acids is 1. The van der Waals surface area contributed by atoms with Gasteiger partial charge in [-0.1, -0.05) is 25.4 Å². The highest BCUT2D eigenvalue weighted by atomic mass is 35.5. The fourth-order valence-electron chi connectivity index (χ4n) is 3.13. The number of alkyl halides is 3. The third-order valence-corrected chi connectivity index (χ3v) is 6.44. The van der Waals surface area contributed by atoms with Crippen LogP contribution in [0.1, 0.15) is 19.4 Å². The van der Waals surface area contributed by atoms with Crippen LogP contribution in [0, 0.1) is 0 Å². The number of sulfone groups is 1. The molecule has 2 rings (SSSR count). The smallest absolute Gasteiger partial charge is 0.416 e. The van der Waals surface area contributed by atoms with Crippen LogP contribution in [0.25, 0.3) is 0 Å². The third kappa shape index (κ3) is 7.91. The van der Waals surface area contributed by atoms with E-state index in [2.05, 4.69) is 10.2 Å². The van der Waals surface area contributed by atoms with Gasteiger partial charge in [0.05, 0.1) is 22.0 Å². The van der Waals surface area contributed by atoms with Crippen LogP contribution in [-0.2, 0) is 20.8 Å². The van der Waals surface area contributed by atoms with Crippen LogP contribution < -0.4 is 20.5 Å². The summed E-state index contributed by atoms with van der Waals surface area (Å²) >= 11 is 5.81. The van der Waals surface area contributed by atoms with Gasteiger partial charge in [0.2, 0.25) is 0 Å². The van der Waals surface area contributed by atoms with Crippen molar-refractivity contribution in [3.8, 4) is 11.5 Å². The molecule has 1 amide bonds. The predicted octanol–water partition coefficient (Wildman–Crippen LogP) is 4.08. The lowest BCUT2D eigenvalue weighted by Crippen LogP contribution is -2.28. The van der Waals surface area contributed by atoms with E-state index in [1.807, 2.05) is 13.8 Å². The number of hydrogen-bond donors (Lipinski definition) is 2. The lowest BCUT2D eigenvalue weighted by atomic mass is 10.2. The normalized spacial score (nSPS) is 12.0. The molecule has 3 N–H and O–H groups in total. The van der Waals surface area contributed by atoms with Gasteiger partial charge in [-0.25, -0.2) is 8.42 Å². The Morgan fingerprint density at radius 3 is 2.29 bits per heavy atom. The first-order valence-electron chi connectivity index (χ1n) is 10.5. The first kappa shape index (κ1) is 28.5. The second-order valence-corrected chi connectivity index (χ2v) is 9.84. The highest BCUT2D eigenvalue weighted by Crippen LogP contribution is 2.36. The number of rotatable bonds is 11. The molecule has 0 aliphatic rings. The number of nitrogens with zero attached hydrogens (tertiary/aromatic N) is 1. The Morgan fingerprint density at radius 2 is 1.74 bits per heavy atom. The minimum atomic E-state index is -4.57. The monoisotopic (exact) mass is 537 g/mol. The zero-order chi connectivity index (χ0) is 26.4. The van der Waals surface area contributed by atoms with Crippen LogP contribution in [-0.4, -0.2) is 58.3 Å². The first-order valence-corrected chi connectivity index (χ1v) is 12.8. The fraction of sp³-hybridized carbons (Fsp3) is 0.409. The van der Waals surface area contributed by atoms with Crippen molar-refractivity contribution in [3.63, 3.8) is 0 Å². The molecule has 2 aromatic rings. The lowest BCUT2D eigenvalue weighted by molar-refractivity contribution is -0.137. The number of hydrogen-bond acceptors (Lipinski definition) is 7. The van der Waals surface area contributed by atoms with E-state index in [4.69, 9.17) is 26.8 Å². The SMILES string of the molecule is CCN(CC)CCOc1ccc(NC(=O)COc2ccc(C(F)(F)F)cc2Cl)c(N)c1S(C)(=O)=O. The van der Waals surface area contributed by atoms with Gasteiger partial charge in [0, 0.05) is 12.8 Å². The van der Waals surface area contributed by atoms with Crippen LogP contribution in [0.5, 0.6) is 11.5 Å². The van der Waals surface area contributed by atoms with E-state index in [0.717, 1.165) is 31.5 Å². The number of carbonyl (C=O) groups is 1. The molecule has 8 nitrogen and oxygen atoms in total. The van der Waals surface area contributed by atoms with Crippen molar-refractivity contribution >= 4 is 38.7 Å². The summed E-state index contributed by atoms with van der Waals surface area (Å²) in [6, 6.07) is 5.23. The molecule has 13 heteroatoms. The highest BCUT2D eigenvalue weighted by Gasteiger charge is 2.31. The Hall–Kier alpha value is -2.70. The minimum Gasteiger partial charge on any atom is -0.491 e. The molecule has 2 aromatic carbocycles. The first-order chi connectivity index (χ1) is 16.3. The number of benzene rings is 2. The van der Waals surface area contributed by atoms with Gasteiger partial charge >= 0.3 is 6.18 Å². The molecule has 194 valence electrons. The van der Waals surface area contributed by atoms with Gasteiger partial charge in [0.1, 0.15) is 23.0 Å². The highest BCUT2D eigenvalue weighted by molar-refractivity contribution is 7.91. The second-order valence-electron chi connectivity index (χ2n) is 7.48. The van der Waals surface area contributed by atoms with E-state index in [1.54, 1.807) is 0 Å². The van der Waals surface area contributed by atoms with Gasteiger partial charge in [0.15, 0.2) is 16.4 Å². The van der Waals surface area contributed by atoms with Crippen molar-refractivity contribution in [2.45, 2.75) is 24.9 Å². The van der Waals surface area contributed by atoms with Crippen LogP contribution in [0.15, 0.2) is 35.2 Å². The topological polar surface area (TPSA) is 111 Å². The lowest BCUT2D eigenvalue weighted by Gasteiger charge is -2.20. The molecule has 0 fully saturated rings. The predicted molar refractivity (Wildman–Crippen MR) is 128 cm³/mol. The Balaban J connectivity index is 2.13. The molecule has 35 heavy (non-hydrogen) atoms. The Bertz CT molecular complexity index is 1160. The quantitative estimate of drug-likeness (QED) is 0.415. The van der Waals surface area contributed by atoms with E-state index < -0.39 is 34.1 Å². The molecule has 0 heterocycles. The number of amides is 1. The number of likely N-dealkylation sites (N-methyl/N-ethyl adjacent to an activating group) is 1. The van der Waals surface area contributed by atoms with E-state index in [1.165, 1.54) is 12.1 Å². The summed E-state index contributed by atoms with van der Waals surface area (Å²) in [5.41, 5.74) is 4.87. The van der Waals surface area contributed by atoms with Gasteiger partial charge in [-0.05, 0) is 43.4 Å². The van der Waals surface area contributed by atoms with Crippen molar-refractivity contribution in [1.29, 1.82) is 0 Å². The van der Waals surface area contributed by atoms with Gasteiger partial charge in [-0.3, -0.25) is 4.79 Å². The maximum atomic E-state index is 12.7. The van der Waals surface area contributed by atoms with E-state index >= 15 is 0 Å². The van der Waals surface area contributed by atoms with Gasteiger partial charge in [0.25, 0.3) is 5.91 Å². The molecular weight excluding hydrogens is 511 g/mol. The summed E-state index contributed by atoms with van der Waals surface area (Å²) in [6.45, 7) is 5.82. The molecule has 0 spiro atoms. The number of halogens is 4. The summed E-state index contributed by atoms with van der Waals surface area (Å²) in [4.78, 5) is 14.2. The Labute approximate surface area is 207 Å². The summed E-state index contributed by atoms with van der Waals surface area (Å²) in [5, 5.41) is 2.11. The van der Waals surface area contributed by atoms with Crippen molar-refractivity contribution in [1.82, 2.24) is 4.90 Å². The molecule has 0 saturated carbocycles. The van der Waals surface area contributed by atoms with E-state index in [-0.39, 0.29) is 39.4 Å². The molecule has 0 radical (unpaired) electrons. The van der Waals surface area contributed by atoms with Gasteiger partial charge in [-0.2, -0.15) is 13.2 Å². The molecule has 0 atom stereocenters. The van der Waals surface area contributed by atoms with Crippen LogP contribution >= 0.6 is 11.6 Å². The number of nitrogens with one attached hydrogen (secondary N) is 1. The summed E-state index contributed by atoms with van der Waals surface area (Å²) < 4.78 is 73.8. The minimum absolute atomic E-state index is 0.00799. The average Bonchev–Trinajstić information content (AvgIpc) is 2.76. The fourth-order valence-corrected chi connectivity index (χ4v) is 4.37. The van der Waals surface area contributed by atoms with E-state index in [0.29, 0.717) is 12.6 Å². The van der Waals surface area contributed by atoms with Crippen molar-refractivity contribution in [2.75, 3.05) is 50.2 Å². The van der Waals surface area contributed by atoms with E-state index in [9.17, 15) is 26.4 Å². The van der Waals surface area contributed by atoms with Gasteiger partial charge in [-0.15, -0.1) is 0 Å². The molecule has 0 saturated heterocycles. The zero-order valence-corrected chi connectivity index (χ0v) is 21.0. The molecule has 0 unspecified atom stereocenters. The van der Waals surface area contributed by atoms with Crippen molar-refractivity contribution in [3.05, 3.63) is 40.9 Å². The average molecular weight is 538 g/mol. The number of nitrogens with two attached hydrogens (primary N) is 1. The van der Waals surface area contributed by atoms with Crippen LogP contribution in [0.2, 0.25) is 5.02 Å². The van der Waals surface area contributed by atoms with Crippen molar-refractivity contribution < 1.29 is 35.9 Å². The molecular formula is C22H27ClF3N3O5S. The summed E-state index contributed by atoms with van der Waals surface area (Å²) in [6.07, 6.45) is -3.60. The maximum Gasteiger partial charge on any atom is 0.416 e. The second kappa shape index (κ2) is 11.8. The molecule has 0 aromatic heterocycles. The summed E-state index contributed by atoms with van der Waals surface area (Å²) in [5.74, 6) is -0.804. The Morgan fingerprint density at radius 1 is 1.11 bits per heavy atom. The largest absolute Gasteiger partial charge is 0.491 e. The Kier molecular flexibility index (Phi) is 9.64. The van der Waals surface area contributed by atoms with Crippen molar-refractivity contribution in [2.24, 2.45) is 0 Å². The third-order valence-electron chi connectivity index (χ3n) is 4.98. The number of anilines is 2. The number of ether oxygens (including phenoxy) is 2. The number of nitrogen functional groups attached to an aromatic ring is 1. The standard InChI is InChI=1S/C22H27ClF3N3O5S/c1-4-29(5-2)10-11-33-18-9-7-16(20(27)21(18)35(3,31)32)28-19(30)13-34-17-8-6-14(12-15(17)23)22(24,25)26/h6-9,12H,4-5,10-11,13,27H2,1-3H3,(H,28,30). The van der Waals surface area contributed by atoms with Crippen LogP contribution in [0.4, 0.5) is 24.5 Å². The zero-order valence-electron chi connectivity index (χ0n) is 19.4. The van der Waals surface area contributed by atoms with Gasteiger partial charge < -0.3 is 25.4 Å².